The summed E-state index contributed by atoms with van der Waals surface area (Å²) in [6, 6.07) is 8.96. The van der Waals surface area contributed by atoms with Gasteiger partial charge in [-0.05, 0) is 37.3 Å². The van der Waals surface area contributed by atoms with E-state index in [4.69, 9.17) is 10.5 Å². The average Bonchev–Trinajstić information content (AvgIpc) is 2.47. The molecule has 104 valence electrons. The predicted molar refractivity (Wildman–Crippen MR) is 76.7 cm³/mol. The van der Waals surface area contributed by atoms with Gasteiger partial charge in [-0.2, -0.15) is 0 Å². The van der Waals surface area contributed by atoms with Gasteiger partial charge in [-0.25, -0.2) is 9.97 Å². The van der Waals surface area contributed by atoms with Crippen LogP contribution in [0.3, 0.4) is 0 Å². The van der Waals surface area contributed by atoms with Crippen molar-refractivity contribution < 1.29 is 9.53 Å². The Bertz CT molecular complexity index is 611. The number of nitrogens with one attached hydrogen (secondary N) is 1. The topological polar surface area (TPSA) is 90.1 Å². The summed E-state index contributed by atoms with van der Waals surface area (Å²) in [6.07, 6.45) is 0. The van der Waals surface area contributed by atoms with E-state index in [1.807, 2.05) is 31.2 Å². The Morgan fingerprint density at radius 1 is 1.30 bits per heavy atom. The normalized spacial score (nSPS) is 10.1. The first-order valence-corrected chi connectivity index (χ1v) is 6.21. The van der Waals surface area contributed by atoms with E-state index in [1.165, 1.54) is 0 Å². The van der Waals surface area contributed by atoms with Crippen LogP contribution in [0.2, 0.25) is 0 Å². The van der Waals surface area contributed by atoms with Gasteiger partial charge in [0.15, 0.2) is 0 Å². The summed E-state index contributed by atoms with van der Waals surface area (Å²) in [5.41, 5.74) is 6.96. The van der Waals surface area contributed by atoms with E-state index >= 15 is 0 Å². The van der Waals surface area contributed by atoms with Gasteiger partial charge in [-0.15, -0.1) is 0 Å². The standard InChI is InChI=1S/C14H16N4O2/c1-3-16-14-17-11(8-12(18-14)13(15)19)9-4-6-10(20-2)7-5-9/h4-8H,3H2,1-2H3,(H2,15,19)(H,16,17,18). The van der Waals surface area contributed by atoms with Crippen molar-refractivity contribution in [3.05, 3.63) is 36.0 Å². The molecule has 0 aliphatic rings. The zero-order valence-electron chi connectivity index (χ0n) is 11.4. The molecule has 0 saturated carbocycles. The Morgan fingerprint density at radius 3 is 2.55 bits per heavy atom. The van der Waals surface area contributed by atoms with Crippen molar-refractivity contribution in [2.45, 2.75) is 6.92 Å². The Balaban J connectivity index is 2.45. The molecule has 1 aromatic carbocycles. The van der Waals surface area contributed by atoms with Crippen molar-refractivity contribution >= 4 is 11.9 Å². The number of hydrogen-bond acceptors (Lipinski definition) is 5. The maximum atomic E-state index is 11.3. The van der Waals surface area contributed by atoms with Crippen LogP contribution in [-0.4, -0.2) is 29.5 Å². The van der Waals surface area contributed by atoms with Crippen LogP contribution in [0.4, 0.5) is 5.95 Å². The van der Waals surface area contributed by atoms with E-state index in [2.05, 4.69) is 15.3 Å². The van der Waals surface area contributed by atoms with Crippen LogP contribution in [0.1, 0.15) is 17.4 Å². The number of carbonyl (C=O) groups is 1. The Labute approximate surface area is 117 Å². The minimum atomic E-state index is -0.582. The quantitative estimate of drug-likeness (QED) is 0.864. The third-order valence-electron chi connectivity index (χ3n) is 2.70. The molecule has 0 aliphatic carbocycles. The summed E-state index contributed by atoms with van der Waals surface area (Å²) in [5, 5.41) is 2.98. The van der Waals surface area contributed by atoms with Crippen molar-refractivity contribution in [3.63, 3.8) is 0 Å². The Hall–Kier alpha value is -2.63. The number of nitrogens with zero attached hydrogens (tertiary/aromatic N) is 2. The largest absolute Gasteiger partial charge is 0.497 e. The molecule has 1 aromatic heterocycles. The lowest BCUT2D eigenvalue weighted by Crippen LogP contribution is -2.15. The van der Waals surface area contributed by atoms with E-state index in [0.717, 1.165) is 11.3 Å². The Kier molecular flexibility index (Phi) is 4.14. The molecule has 0 spiro atoms. The number of methoxy groups -OCH3 is 1. The molecule has 2 rings (SSSR count). The molecule has 0 saturated heterocycles. The molecule has 6 nitrogen and oxygen atoms in total. The number of hydrogen-bond donors (Lipinski definition) is 2. The summed E-state index contributed by atoms with van der Waals surface area (Å²) in [7, 11) is 1.61. The van der Waals surface area contributed by atoms with Crippen LogP contribution in [0, 0.1) is 0 Å². The third kappa shape index (κ3) is 3.03. The molecule has 3 N–H and O–H groups in total. The molecular formula is C14H16N4O2. The van der Waals surface area contributed by atoms with E-state index < -0.39 is 5.91 Å². The van der Waals surface area contributed by atoms with E-state index in [-0.39, 0.29) is 5.69 Å². The summed E-state index contributed by atoms with van der Waals surface area (Å²) in [5.74, 6) is 0.556. The first kappa shape index (κ1) is 13.8. The zero-order chi connectivity index (χ0) is 14.5. The van der Waals surface area contributed by atoms with Crippen molar-refractivity contribution in [3.8, 4) is 17.0 Å². The third-order valence-corrected chi connectivity index (χ3v) is 2.70. The highest BCUT2D eigenvalue weighted by Gasteiger charge is 2.10. The fourth-order valence-electron chi connectivity index (χ4n) is 1.72. The van der Waals surface area contributed by atoms with Gasteiger partial charge in [0.2, 0.25) is 5.95 Å². The van der Waals surface area contributed by atoms with Crippen molar-refractivity contribution in [2.24, 2.45) is 5.73 Å². The molecule has 0 fully saturated rings. The number of rotatable bonds is 5. The van der Waals surface area contributed by atoms with Crippen LogP contribution in [-0.2, 0) is 0 Å². The second-order valence-electron chi connectivity index (χ2n) is 4.09. The molecule has 0 unspecified atom stereocenters. The molecule has 0 radical (unpaired) electrons. The summed E-state index contributed by atoms with van der Waals surface area (Å²) in [4.78, 5) is 19.7. The maximum absolute atomic E-state index is 11.3. The van der Waals surface area contributed by atoms with Gasteiger partial charge < -0.3 is 15.8 Å². The van der Waals surface area contributed by atoms with Crippen LogP contribution < -0.4 is 15.8 Å². The number of aromatic nitrogens is 2. The molecule has 0 aliphatic heterocycles. The lowest BCUT2D eigenvalue weighted by Gasteiger charge is -2.08. The number of amides is 1. The number of nitrogens with two attached hydrogens (primary N) is 1. The highest BCUT2D eigenvalue weighted by Crippen LogP contribution is 2.22. The molecule has 0 bridgehead atoms. The maximum Gasteiger partial charge on any atom is 0.267 e. The first-order valence-electron chi connectivity index (χ1n) is 6.21. The van der Waals surface area contributed by atoms with Gasteiger partial charge in [-0.1, -0.05) is 0 Å². The Morgan fingerprint density at radius 2 is 2.00 bits per heavy atom. The second kappa shape index (κ2) is 6.01. The number of primary amides is 1. The predicted octanol–water partition coefficient (Wildman–Crippen LogP) is 1.68. The molecule has 2 aromatic rings. The van der Waals surface area contributed by atoms with Crippen LogP contribution in [0.25, 0.3) is 11.3 Å². The lowest BCUT2D eigenvalue weighted by molar-refractivity contribution is 0.0995. The summed E-state index contributed by atoms with van der Waals surface area (Å²) < 4.78 is 5.11. The number of anilines is 1. The summed E-state index contributed by atoms with van der Waals surface area (Å²) >= 11 is 0. The molecule has 6 heteroatoms. The van der Waals surface area contributed by atoms with Gasteiger partial charge in [0, 0.05) is 12.1 Å². The highest BCUT2D eigenvalue weighted by atomic mass is 16.5. The first-order chi connectivity index (χ1) is 9.63. The zero-order valence-corrected chi connectivity index (χ0v) is 11.4. The smallest absolute Gasteiger partial charge is 0.267 e. The van der Waals surface area contributed by atoms with Crippen molar-refractivity contribution in [1.82, 2.24) is 9.97 Å². The van der Waals surface area contributed by atoms with E-state index in [1.54, 1.807) is 13.2 Å². The van der Waals surface area contributed by atoms with Crippen LogP contribution >= 0.6 is 0 Å². The monoisotopic (exact) mass is 272 g/mol. The SMILES string of the molecule is CCNc1nc(C(N)=O)cc(-c2ccc(OC)cc2)n1. The minimum Gasteiger partial charge on any atom is -0.497 e. The minimum absolute atomic E-state index is 0.182. The summed E-state index contributed by atoms with van der Waals surface area (Å²) in [6.45, 7) is 2.58. The molecular weight excluding hydrogens is 256 g/mol. The molecule has 0 atom stereocenters. The highest BCUT2D eigenvalue weighted by molar-refractivity contribution is 5.92. The van der Waals surface area contributed by atoms with Gasteiger partial charge in [-0.3, -0.25) is 4.79 Å². The number of carbonyl (C=O) groups excluding carboxylic acids is 1. The van der Waals surface area contributed by atoms with Crippen molar-refractivity contribution in [2.75, 3.05) is 19.0 Å². The fraction of sp³-hybridized carbons (Fsp3) is 0.214. The van der Waals surface area contributed by atoms with Gasteiger partial charge in [0.25, 0.3) is 5.91 Å². The second-order valence-corrected chi connectivity index (χ2v) is 4.09. The number of ether oxygens (including phenoxy) is 1. The molecule has 1 amide bonds. The molecule has 1 heterocycles. The van der Waals surface area contributed by atoms with Gasteiger partial charge in [0.1, 0.15) is 11.4 Å². The number of benzene rings is 1. The van der Waals surface area contributed by atoms with Crippen molar-refractivity contribution in [1.29, 1.82) is 0 Å². The van der Waals surface area contributed by atoms with E-state index in [0.29, 0.717) is 18.2 Å². The van der Waals surface area contributed by atoms with Gasteiger partial charge in [0.05, 0.1) is 12.8 Å². The average molecular weight is 272 g/mol. The lowest BCUT2D eigenvalue weighted by atomic mass is 10.1. The van der Waals surface area contributed by atoms with Crippen LogP contribution in [0.15, 0.2) is 30.3 Å². The van der Waals surface area contributed by atoms with Crippen LogP contribution in [0.5, 0.6) is 5.75 Å². The van der Waals surface area contributed by atoms with E-state index in [9.17, 15) is 4.79 Å². The fourth-order valence-corrected chi connectivity index (χ4v) is 1.72. The molecule has 20 heavy (non-hydrogen) atoms. The van der Waals surface area contributed by atoms with Gasteiger partial charge >= 0.3 is 0 Å².